The molecule has 0 aromatic rings. The lowest BCUT2D eigenvalue weighted by Gasteiger charge is -2.11. The fourth-order valence-corrected chi connectivity index (χ4v) is 2.38. The van der Waals surface area contributed by atoms with E-state index in [2.05, 4.69) is 24.3 Å². The lowest BCUT2D eigenvalue weighted by molar-refractivity contribution is -0.121. The minimum absolute atomic E-state index is 0.302. The van der Waals surface area contributed by atoms with E-state index in [1.165, 1.54) is 6.42 Å². The number of hydrogen-bond donors (Lipinski definition) is 0. The van der Waals surface area contributed by atoms with Gasteiger partial charge in [0.1, 0.15) is 5.78 Å². The van der Waals surface area contributed by atoms with Gasteiger partial charge in [-0.3, -0.25) is 4.79 Å². The number of hydrogen-bond acceptors (Lipinski definition) is 1. The van der Waals surface area contributed by atoms with Crippen LogP contribution < -0.4 is 0 Å². The Hall–Kier alpha value is -0.850. The highest BCUT2D eigenvalue weighted by Gasteiger charge is 2.34. The molecule has 12 heavy (non-hydrogen) atoms. The molecule has 0 N–H and O–H groups in total. The predicted molar refractivity (Wildman–Crippen MR) is 48.7 cm³/mol. The number of rotatable bonds is 1. The van der Waals surface area contributed by atoms with Crippen LogP contribution >= 0.6 is 0 Å². The van der Waals surface area contributed by atoms with E-state index in [0.29, 0.717) is 23.5 Å². The van der Waals surface area contributed by atoms with Crippen LogP contribution in [0.3, 0.4) is 0 Å². The monoisotopic (exact) mass is 162 g/mol. The van der Waals surface area contributed by atoms with Gasteiger partial charge in [-0.25, -0.2) is 0 Å². The normalized spacial score (nSPS) is 38.2. The number of Topliss-reactive ketones (excluding diaryl/α,β-unsaturated/α-hetero) is 1. The molecular formula is C11H14O. The highest BCUT2D eigenvalue weighted by Crippen LogP contribution is 2.39. The second kappa shape index (κ2) is 2.89. The molecule has 1 saturated carbocycles. The van der Waals surface area contributed by atoms with Crippen LogP contribution in [-0.2, 0) is 4.79 Å². The van der Waals surface area contributed by atoms with Gasteiger partial charge in [-0.1, -0.05) is 24.3 Å². The topological polar surface area (TPSA) is 17.1 Å². The van der Waals surface area contributed by atoms with E-state index < -0.39 is 0 Å². The highest BCUT2D eigenvalue weighted by atomic mass is 16.1. The highest BCUT2D eigenvalue weighted by molar-refractivity contribution is 5.79. The van der Waals surface area contributed by atoms with Crippen molar-refractivity contribution in [3.8, 4) is 0 Å². The number of carbonyl (C=O) groups excluding carboxylic acids is 1. The van der Waals surface area contributed by atoms with Gasteiger partial charge in [0.25, 0.3) is 0 Å². The van der Waals surface area contributed by atoms with E-state index in [-0.39, 0.29) is 0 Å². The van der Waals surface area contributed by atoms with Crippen molar-refractivity contribution in [2.45, 2.75) is 19.8 Å². The Morgan fingerprint density at radius 1 is 1.25 bits per heavy atom. The Morgan fingerprint density at radius 3 is 2.75 bits per heavy atom. The van der Waals surface area contributed by atoms with E-state index in [0.717, 1.165) is 6.42 Å². The van der Waals surface area contributed by atoms with E-state index in [9.17, 15) is 4.79 Å². The fraction of sp³-hybridized carbons (Fsp3) is 0.545. The van der Waals surface area contributed by atoms with Crippen LogP contribution in [0.5, 0.6) is 0 Å². The van der Waals surface area contributed by atoms with E-state index in [1.54, 1.807) is 6.92 Å². The van der Waals surface area contributed by atoms with Gasteiger partial charge >= 0.3 is 0 Å². The maximum atomic E-state index is 11.2. The van der Waals surface area contributed by atoms with Gasteiger partial charge in [-0.2, -0.15) is 0 Å². The molecule has 0 aromatic carbocycles. The van der Waals surface area contributed by atoms with Crippen molar-refractivity contribution in [2.24, 2.45) is 17.8 Å². The lowest BCUT2D eigenvalue weighted by atomic mass is 9.92. The zero-order valence-electron chi connectivity index (χ0n) is 7.36. The van der Waals surface area contributed by atoms with Crippen molar-refractivity contribution < 1.29 is 4.79 Å². The molecule has 64 valence electrons. The molecule has 0 unspecified atom stereocenters. The molecule has 0 saturated heterocycles. The van der Waals surface area contributed by atoms with Crippen LogP contribution in [-0.4, -0.2) is 5.78 Å². The van der Waals surface area contributed by atoms with Gasteiger partial charge in [0, 0.05) is 5.92 Å². The number of allylic oxidation sites excluding steroid dienone is 4. The molecule has 2 rings (SSSR count). The first-order valence-corrected chi connectivity index (χ1v) is 4.63. The first-order valence-electron chi connectivity index (χ1n) is 4.63. The molecular weight excluding hydrogens is 148 g/mol. The standard InChI is InChI=1S/C11H14O/c1-8(12)11-7-9-4-2-3-5-10(11)6-9/h2-5,9-11H,6-7H2,1H3/t9-,10+,11+/m1/s1. The van der Waals surface area contributed by atoms with Crippen LogP contribution in [0.25, 0.3) is 0 Å². The summed E-state index contributed by atoms with van der Waals surface area (Å²) in [6.45, 7) is 1.72. The number of fused-ring (bicyclic) bond motifs is 2. The zero-order chi connectivity index (χ0) is 8.55. The van der Waals surface area contributed by atoms with E-state index in [1.807, 2.05) is 0 Å². The molecule has 0 amide bonds. The molecule has 2 bridgehead atoms. The Labute approximate surface area is 73.2 Å². The average molecular weight is 162 g/mol. The predicted octanol–water partition coefficient (Wildman–Crippen LogP) is 2.34. The molecule has 0 heterocycles. The van der Waals surface area contributed by atoms with Crippen LogP contribution in [0.2, 0.25) is 0 Å². The summed E-state index contributed by atoms with van der Waals surface area (Å²) in [7, 11) is 0. The molecule has 1 fully saturated rings. The third kappa shape index (κ3) is 1.24. The molecule has 1 nitrogen and oxygen atoms in total. The molecule has 1 heteroatoms. The quantitative estimate of drug-likeness (QED) is 0.578. The van der Waals surface area contributed by atoms with Crippen molar-refractivity contribution in [3.63, 3.8) is 0 Å². The summed E-state index contributed by atoms with van der Waals surface area (Å²) in [5, 5.41) is 0. The van der Waals surface area contributed by atoms with Crippen molar-refractivity contribution in [3.05, 3.63) is 24.3 Å². The molecule has 0 aromatic heterocycles. The molecule has 2 aliphatic carbocycles. The lowest BCUT2D eigenvalue weighted by Crippen LogP contribution is -2.14. The van der Waals surface area contributed by atoms with Crippen molar-refractivity contribution in [1.82, 2.24) is 0 Å². The van der Waals surface area contributed by atoms with Gasteiger partial charge in [0.05, 0.1) is 0 Å². The third-order valence-electron chi connectivity index (χ3n) is 3.02. The van der Waals surface area contributed by atoms with Crippen LogP contribution in [0.1, 0.15) is 19.8 Å². The summed E-state index contributed by atoms with van der Waals surface area (Å²) in [5.74, 6) is 1.83. The van der Waals surface area contributed by atoms with Gasteiger partial charge in [0.2, 0.25) is 0 Å². The summed E-state index contributed by atoms with van der Waals surface area (Å²) in [5.41, 5.74) is 0. The Balaban J connectivity index is 2.19. The average Bonchev–Trinajstić information content (AvgIpc) is 2.23. The molecule has 0 spiro atoms. The second-order valence-electron chi connectivity index (χ2n) is 3.88. The first-order chi connectivity index (χ1) is 5.77. The summed E-state index contributed by atoms with van der Waals surface area (Å²) < 4.78 is 0. The second-order valence-corrected chi connectivity index (χ2v) is 3.88. The Bertz CT molecular complexity index is 250. The minimum Gasteiger partial charge on any atom is -0.300 e. The zero-order valence-corrected chi connectivity index (χ0v) is 7.36. The summed E-state index contributed by atoms with van der Waals surface area (Å²) in [6, 6.07) is 0. The number of carbonyl (C=O) groups is 1. The maximum Gasteiger partial charge on any atom is 0.133 e. The third-order valence-corrected chi connectivity index (χ3v) is 3.02. The molecule has 0 aliphatic heterocycles. The van der Waals surface area contributed by atoms with Gasteiger partial charge in [-0.15, -0.1) is 0 Å². The number of ketones is 1. The molecule has 3 atom stereocenters. The van der Waals surface area contributed by atoms with Crippen molar-refractivity contribution in [1.29, 1.82) is 0 Å². The van der Waals surface area contributed by atoms with Crippen LogP contribution in [0, 0.1) is 17.8 Å². The summed E-state index contributed by atoms with van der Waals surface area (Å²) in [6.07, 6.45) is 10.9. The smallest absolute Gasteiger partial charge is 0.133 e. The van der Waals surface area contributed by atoms with E-state index in [4.69, 9.17) is 0 Å². The van der Waals surface area contributed by atoms with Gasteiger partial charge < -0.3 is 0 Å². The molecule has 0 radical (unpaired) electrons. The van der Waals surface area contributed by atoms with Crippen LogP contribution in [0.4, 0.5) is 0 Å². The summed E-state index contributed by atoms with van der Waals surface area (Å²) in [4.78, 5) is 11.2. The van der Waals surface area contributed by atoms with Crippen molar-refractivity contribution >= 4 is 5.78 Å². The Morgan fingerprint density at radius 2 is 2.00 bits per heavy atom. The van der Waals surface area contributed by atoms with E-state index >= 15 is 0 Å². The maximum absolute atomic E-state index is 11.2. The summed E-state index contributed by atoms with van der Waals surface area (Å²) >= 11 is 0. The minimum atomic E-state index is 0.302. The van der Waals surface area contributed by atoms with Gasteiger partial charge in [0.15, 0.2) is 0 Å². The molecule has 2 aliphatic rings. The first kappa shape index (κ1) is 7.78. The largest absolute Gasteiger partial charge is 0.300 e. The Kier molecular flexibility index (Phi) is 1.87. The van der Waals surface area contributed by atoms with Crippen molar-refractivity contribution in [2.75, 3.05) is 0 Å². The van der Waals surface area contributed by atoms with Gasteiger partial charge in [-0.05, 0) is 31.6 Å². The fourth-order valence-electron chi connectivity index (χ4n) is 2.38. The van der Waals surface area contributed by atoms with Crippen LogP contribution in [0.15, 0.2) is 24.3 Å². The SMILES string of the molecule is CC(=O)[C@@H]1C[C@@H]2C=CC=C[C@H]1C2.